The van der Waals surface area contributed by atoms with Crippen LogP contribution in [0.1, 0.15) is 28.1 Å². The van der Waals surface area contributed by atoms with Gasteiger partial charge in [0.25, 0.3) is 5.91 Å². The van der Waals surface area contributed by atoms with Gasteiger partial charge >= 0.3 is 0 Å². The van der Waals surface area contributed by atoms with Crippen LogP contribution in [0.2, 0.25) is 0 Å². The molecule has 4 rings (SSSR count). The van der Waals surface area contributed by atoms with Gasteiger partial charge in [-0.1, -0.05) is 18.2 Å². The van der Waals surface area contributed by atoms with Gasteiger partial charge < -0.3 is 14.6 Å². The highest BCUT2D eigenvalue weighted by Gasteiger charge is 2.33. The number of carbonyl (C=O) groups excluding carboxylic acids is 1. The van der Waals surface area contributed by atoms with Gasteiger partial charge in [0.2, 0.25) is 0 Å². The zero-order valence-electron chi connectivity index (χ0n) is 14.5. The molecule has 1 aromatic heterocycles. The van der Waals surface area contributed by atoms with E-state index in [9.17, 15) is 4.79 Å². The number of furan rings is 1. The first-order chi connectivity index (χ1) is 11.6. The number of hydrogen-bond donors (Lipinski definition) is 1. The maximum absolute atomic E-state index is 13.0. The van der Waals surface area contributed by atoms with E-state index in [1.807, 2.05) is 36.9 Å². The Morgan fingerprint density at radius 1 is 1.21 bits per heavy atom. The Kier molecular flexibility index (Phi) is 4.06. The predicted molar refractivity (Wildman–Crippen MR) is 94.4 cm³/mol. The molecule has 2 aliphatic rings. The number of amides is 1. The maximum Gasteiger partial charge on any atom is 0.289 e. The van der Waals surface area contributed by atoms with Gasteiger partial charge in [0, 0.05) is 56.3 Å². The monoisotopic (exact) mass is 327 g/mol. The van der Waals surface area contributed by atoms with Gasteiger partial charge in [-0.05, 0) is 25.8 Å². The van der Waals surface area contributed by atoms with Gasteiger partial charge in [0.05, 0.1) is 0 Å². The third-order valence-electron chi connectivity index (χ3n) is 5.47. The van der Waals surface area contributed by atoms with Crippen molar-refractivity contribution in [3.05, 3.63) is 35.1 Å². The molecular formula is C19H25N3O2. The third-order valence-corrected chi connectivity index (χ3v) is 5.47. The Balaban J connectivity index is 1.54. The molecule has 0 saturated carbocycles. The molecule has 1 N–H and O–H groups in total. The summed E-state index contributed by atoms with van der Waals surface area (Å²) in [4.78, 5) is 17.5. The molecule has 3 heterocycles. The second kappa shape index (κ2) is 6.22. The van der Waals surface area contributed by atoms with Crippen molar-refractivity contribution in [1.29, 1.82) is 0 Å². The molecule has 5 heteroatoms. The number of piperazine rings is 1. The molecule has 2 aliphatic heterocycles. The van der Waals surface area contributed by atoms with E-state index in [-0.39, 0.29) is 5.91 Å². The molecule has 0 aliphatic carbocycles. The fraction of sp³-hybridized carbons (Fsp3) is 0.526. The lowest BCUT2D eigenvalue weighted by Gasteiger charge is -2.32. The number of nitrogens with one attached hydrogen (secondary N) is 1. The van der Waals surface area contributed by atoms with Crippen molar-refractivity contribution in [3.8, 4) is 0 Å². The summed E-state index contributed by atoms with van der Waals surface area (Å²) in [5, 5.41) is 4.44. The minimum atomic E-state index is 0.0423. The minimum Gasteiger partial charge on any atom is -0.450 e. The Morgan fingerprint density at radius 2 is 2.00 bits per heavy atom. The van der Waals surface area contributed by atoms with Crippen LogP contribution in [0.4, 0.5) is 0 Å². The molecule has 2 saturated heterocycles. The number of rotatable bonds is 2. The standard InChI is InChI=1S/C19H25N3O2/c1-13-4-3-5-16-14(2)18(24-17(13)16)19(23)22-9-6-15(12-22)21-10-7-20-8-11-21/h3-5,15,20H,6-12H2,1-2H3. The van der Waals surface area contributed by atoms with Crippen molar-refractivity contribution in [2.24, 2.45) is 0 Å². The van der Waals surface area contributed by atoms with Gasteiger partial charge in [0.15, 0.2) is 5.76 Å². The smallest absolute Gasteiger partial charge is 0.289 e. The van der Waals surface area contributed by atoms with Crippen LogP contribution in [0.3, 0.4) is 0 Å². The second-order valence-electron chi connectivity index (χ2n) is 6.99. The molecule has 1 atom stereocenters. The summed E-state index contributed by atoms with van der Waals surface area (Å²) >= 11 is 0. The fourth-order valence-electron chi connectivity index (χ4n) is 4.00. The van der Waals surface area contributed by atoms with Crippen LogP contribution in [0.5, 0.6) is 0 Å². The van der Waals surface area contributed by atoms with Crippen LogP contribution >= 0.6 is 0 Å². The van der Waals surface area contributed by atoms with Crippen LogP contribution in [-0.4, -0.2) is 61.0 Å². The lowest BCUT2D eigenvalue weighted by molar-refractivity contribution is 0.0743. The summed E-state index contributed by atoms with van der Waals surface area (Å²) in [6.45, 7) is 9.90. The largest absolute Gasteiger partial charge is 0.450 e. The Morgan fingerprint density at radius 3 is 2.75 bits per heavy atom. The molecule has 5 nitrogen and oxygen atoms in total. The summed E-state index contributed by atoms with van der Waals surface area (Å²) in [7, 11) is 0. The fourth-order valence-corrected chi connectivity index (χ4v) is 4.00. The van der Waals surface area contributed by atoms with E-state index in [0.717, 1.165) is 67.8 Å². The molecule has 24 heavy (non-hydrogen) atoms. The molecule has 0 bridgehead atoms. The normalized spacial score (nSPS) is 22.4. The summed E-state index contributed by atoms with van der Waals surface area (Å²) in [6.07, 6.45) is 1.06. The third kappa shape index (κ3) is 2.62. The topological polar surface area (TPSA) is 48.7 Å². The van der Waals surface area contributed by atoms with Gasteiger partial charge in [-0.3, -0.25) is 9.69 Å². The van der Waals surface area contributed by atoms with E-state index < -0.39 is 0 Å². The Hall–Kier alpha value is -1.85. The summed E-state index contributed by atoms with van der Waals surface area (Å²) < 4.78 is 5.97. The zero-order valence-corrected chi connectivity index (χ0v) is 14.5. The van der Waals surface area contributed by atoms with E-state index in [1.165, 1.54) is 0 Å². The maximum atomic E-state index is 13.0. The predicted octanol–water partition coefficient (Wildman–Crippen LogP) is 2.17. The molecule has 1 unspecified atom stereocenters. The highest BCUT2D eigenvalue weighted by atomic mass is 16.3. The van der Waals surface area contributed by atoms with Crippen LogP contribution < -0.4 is 5.32 Å². The number of nitrogens with zero attached hydrogens (tertiary/aromatic N) is 2. The molecule has 2 aromatic rings. The van der Waals surface area contributed by atoms with E-state index in [2.05, 4.69) is 10.2 Å². The van der Waals surface area contributed by atoms with Crippen molar-refractivity contribution in [2.75, 3.05) is 39.3 Å². The first-order valence-corrected chi connectivity index (χ1v) is 8.88. The van der Waals surface area contributed by atoms with Crippen LogP contribution in [0.25, 0.3) is 11.0 Å². The molecule has 2 fully saturated rings. The molecule has 1 aromatic carbocycles. The van der Waals surface area contributed by atoms with Crippen LogP contribution in [0, 0.1) is 13.8 Å². The average Bonchev–Trinajstić information content (AvgIpc) is 3.22. The molecule has 128 valence electrons. The number of hydrogen-bond acceptors (Lipinski definition) is 4. The molecule has 0 spiro atoms. The van der Waals surface area contributed by atoms with Crippen LogP contribution in [0.15, 0.2) is 22.6 Å². The zero-order chi connectivity index (χ0) is 16.7. The van der Waals surface area contributed by atoms with E-state index in [4.69, 9.17) is 4.42 Å². The summed E-state index contributed by atoms with van der Waals surface area (Å²) in [5.41, 5.74) is 2.88. The lowest BCUT2D eigenvalue weighted by Crippen LogP contribution is -2.49. The van der Waals surface area contributed by atoms with Gasteiger partial charge in [-0.25, -0.2) is 0 Å². The van der Waals surface area contributed by atoms with E-state index in [0.29, 0.717) is 11.8 Å². The first-order valence-electron chi connectivity index (χ1n) is 8.88. The number of para-hydroxylation sites is 1. The molecule has 1 amide bonds. The van der Waals surface area contributed by atoms with Gasteiger partial charge in [-0.2, -0.15) is 0 Å². The quantitative estimate of drug-likeness (QED) is 0.918. The molecular weight excluding hydrogens is 302 g/mol. The Bertz CT molecular complexity index is 761. The number of likely N-dealkylation sites (tertiary alicyclic amines) is 1. The van der Waals surface area contributed by atoms with Crippen molar-refractivity contribution < 1.29 is 9.21 Å². The number of fused-ring (bicyclic) bond motifs is 1. The van der Waals surface area contributed by atoms with Crippen molar-refractivity contribution >= 4 is 16.9 Å². The number of benzene rings is 1. The number of carbonyl (C=O) groups is 1. The van der Waals surface area contributed by atoms with Crippen LogP contribution in [-0.2, 0) is 0 Å². The summed E-state index contributed by atoms with van der Waals surface area (Å²) in [6, 6.07) is 6.56. The van der Waals surface area contributed by atoms with Crippen molar-refractivity contribution in [3.63, 3.8) is 0 Å². The lowest BCUT2D eigenvalue weighted by atomic mass is 10.1. The average molecular weight is 327 g/mol. The van der Waals surface area contributed by atoms with Crippen molar-refractivity contribution in [2.45, 2.75) is 26.3 Å². The molecule has 0 radical (unpaired) electrons. The van der Waals surface area contributed by atoms with E-state index in [1.54, 1.807) is 0 Å². The van der Waals surface area contributed by atoms with Gasteiger partial charge in [0.1, 0.15) is 5.58 Å². The highest BCUT2D eigenvalue weighted by molar-refractivity contribution is 5.99. The Labute approximate surface area is 142 Å². The number of aryl methyl sites for hydroxylation is 2. The van der Waals surface area contributed by atoms with Gasteiger partial charge in [-0.15, -0.1) is 0 Å². The SMILES string of the molecule is Cc1c(C(=O)N2CCC(N3CCNCC3)C2)oc2c(C)cccc12. The first kappa shape index (κ1) is 15.7. The minimum absolute atomic E-state index is 0.0423. The second-order valence-corrected chi connectivity index (χ2v) is 6.99. The summed E-state index contributed by atoms with van der Waals surface area (Å²) in [5.74, 6) is 0.556. The van der Waals surface area contributed by atoms with E-state index >= 15 is 0 Å². The van der Waals surface area contributed by atoms with Crippen molar-refractivity contribution in [1.82, 2.24) is 15.1 Å². The highest BCUT2D eigenvalue weighted by Crippen LogP contribution is 2.29.